The maximum Gasteiger partial charge on any atom is 0.411 e. The van der Waals surface area contributed by atoms with Crippen LogP contribution < -0.4 is 5.32 Å². The van der Waals surface area contributed by atoms with E-state index in [1.165, 1.54) is 0 Å². The molecule has 2 heterocycles. The number of alkyl carbamates (subject to hydrolysis) is 1. The third-order valence-electron chi connectivity index (χ3n) is 6.40. The number of benzene rings is 2. The van der Waals surface area contributed by atoms with Crippen molar-refractivity contribution in [2.45, 2.75) is 76.3 Å². The number of nitrogens with zero attached hydrogens (tertiary/aromatic N) is 1. The molecule has 2 fully saturated rings. The molecule has 6 nitrogen and oxygen atoms in total. The Morgan fingerprint density at radius 3 is 2.22 bits per heavy atom. The van der Waals surface area contributed by atoms with Crippen molar-refractivity contribution in [1.82, 2.24) is 10.2 Å². The number of fused-ring (bicyclic) bond motifs is 2. The van der Waals surface area contributed by atoms with Crippen molar-refractivity contribution in [1.29, 1.82) is 0 Å². The zero-order valence-electron chi connectivity index (χ0n) is 19.0. The van der Waals surface area contributed by atoms with E-state index in [0.717, 1.165) is 36.8 Å². The van der Waals surface area contributed by atoms with E-state index in [2.05, 4.69) is 5.32 Å². The summed E-state index contributed by atoms with van der Waals surface area (Å²) in [4.78, 5) is 28.0. The third kappa shape index (κ3) is 4.59. The molecular formula is C26H32N2O4. The second-order valence-corrected chi connectivity index (χ2v) is 9.73. The molecule has 2 aliphatic rings. The van der Waals surface area contributed by atoms with Crippen molar-refractivity contribution in [2.75, 3.05) is 0 Å². The SMILES string of the molecule is CC(C)(C)OC(=O)N1C2CCC1([C@H](NC(=O)OCc1ccccc1)c1ccccc1)CC2. The normalized spacial score (nSPS) is 23.0. The Balaban J connectivity index is 1.58. The monoisotopic (exact) mass is 436 g/mol. The number of nitrogens with one attached hydrogen (secondary N) is 1. The minimum Gasteiger partial charge on any atom is -0.445 e. The van der Waals surface area contributed by atoms with Crippen molar-refractivity contribution in [3.63, 3.8) is 0 Å². The first kappa shape index (κ1) is 22.2. The second kappa shape index (κ2) is 8.85. The van der Waals surface area contributed by atoms with Gasteiger partial charge in [-0.1, -0.05) is 60.7 Å². The number of amides is 2. The number of hydrogen-bond donors (Lipinski definition) is 1. The standard InChI is InChI=1S/C26H32N2O4/c1-25(2,3)32-24(30)28-21-14-16-26(28,17-15-21)22(20-12-8-5-9-13-20)27-23(29)31-18-19-10-6-4-7-11-19/h4-13,21-22H,14-18H2,1-3H3,(H,27,29)/t21?,22-,26?/m1/s1. The van der Waals surface area contributed by atoms with Crippen LogP contribution in [0.5, 0.6) is 0 Å². The molecular weight excluding hydrogens is 404 g/mol. The minimum absolute atomic E-state index is 0.137. The van der Waals surface area contributed by atoms with Gasteiger partial charge in [0, 0.05) is 6.04 Å². The van der Waals surface area contributed by atoms with Crippen LogP contribution in [0.4, 0.5) is 9.59 Å². The molecule has 0 aliphatic carbocycles. The molecule has 0 unspecified atom stereocenters. The quantitative estimate of drug-likeness (QED) is 0.664. The van der Waals surface area contributed by atoms with Gasteiger partial charge in [-0.3, -0.25) is 4.90 Å². The Labute approximate surface area is 189 Å². The number of carbonyl (C=O) groups excluding carboxylic acids is 2. The number of rotatable bonds is 5. The zero-order valence-corrected chi connectivity index (χ0v) is 19.0. The molecule has 2 aromatic carbocycles. The van der Waals surface area contributed by atoms with Crippen molar-refractivity contribution in [2.24, 2.45) is 0 Å². The van der Waals surface area contributed by atoms with E-state index in [-0.39, 0.29) is 24.8 Å². The molecule has 0 aromatic heterocycles. The minimum atomic E-state index is -0.579. The number of hydrogen-bond acceptors (Lipinski definition) is 4. The molecule has 1 N–H and O–H groups in total. The van der Waals surface area contributed by atoms with Crippen LogP contribution in [0, 0.1) is 0 Å². The van der Waals surface area contributed by atoms with Crippen LogP contribution in [-0.2, 0) is 16.1 Å². The van der Waals surface area contributed by atoms with Crippen molar-refractivity contribution >= 4 is 12.2 Å². The summed E-state index contributed by atoms with van der Waals surface area (Å²) in [5.41, 5.74) is 0.777. The lowest BCUT2D eigenvalue weighted by Crippen LogP contribution is -2.55. The summed E-state index contributed by atoms with van der Waals surface area (Å²) in [5, 5.41) is 3.10. The molecule has 0 spiro atoms. The Bertz CT molecular complexity index is 931. The summed E-state index contributed by atoms with van der Waals surface area (Å²) in [6.45, 7) is 5.83. The van der Waals surface area contributed by atoms with Crippen LogP contribution in [0.2, 0.25) is 0 Å². The van der Waals surface area contributed by atoms with Crippen LogP contribution in [0.3, 0.4) is 0 Å². The highest BCUT2D eigenvalue weighted by Gasteiger charge is 2.59. The van der Waals surface area contributed by atoms with Gasteiger partial charge in [-0.05, 0) is 57.6 Å². The van der Waals surface area contributed by atoms with E-state index < -0.39 is 17.2 Å². The molecule has 4 rings (SSSR count). The van der Waals surface area contributed by atoms with Gasteiger partial charge in [-0.25, -0.2) is 9.59 Å². The zero-order chi connectivity index (χ0) is 22.8. The molecule has 0 saturated carbocycles. The number of ether oxygens (including phenoxy) is 2. The van der Waals surface area contributed by atoms with Crippen LogP contribution in [-0.4, -0.2) is 34.3 Å². The average molecular weight is 437 g/mol. The van der Waals surface area contributed by atoms with Crippen molar-refractivity contribution in [3.05, 3.63) is 71.8 Å². The summed E-state index contributed by atoms with van der Waals surface area (Å²) in [7, 11) is 0. The maximum atomic E-state index is 13.2. The lowest BCUT2D eigenvalue weighted by Gasteiger charge is -2.42. The van der Waals surface area contributed by atoms with Gasteiger partial charge < -0.3 is 14.8 Å². The Morgan fingerprint density at radius 2 is 1.62 bits per heavy atom. The van der Waals surface area contributed by atoms with Crippen LogP contribution in [0.15, 0.2) is 60.7 Å². The summed E-state index contributed by atoms with van der Waals surface area (Å²) in [5.74, 6) is 0. The van der Waals surface area contributed by atoms with Gasteiger partial charge in [-0.15, -0.1) is 0 Å². The Hall–Kier alpha value is -3.02. The topological polar surface area (TPSA) is 67.9 Å². The predicted octanol–water partition coefficient (Wildman–Crippen LogP) is 5.59. The van der Waals surface area contributed by atoms with E-state index in [9.17, 15) is 9.59 Å². The van der Waals surface area contributed by atoms with Crippen LogP contribution in [0.25, 0.3) is 0 Å². The van der Waals surface area contributed by atoms with E-state index in [0.29, 0.717) is 0 Å². The van der Waals surface area contributed by atoms with Crippen LogP contribution >= 0.6 is 0 Å². The fourth-order valence-corrected chi connectivity index (χ4v) is 5.09. The lowest BCUT2D eigenvalue weighted by atomic mass is 9.78. The van der Waals surface area contributed by atoms with Gasteiger partial charge in [-0.2, -0.15) is 0 Å². The first-order valence-corrected chi connectivity index (χ1v) is 11.3. The molecule has 2 saturated heterocycles. The van der Waals surface area contributed by atoms with Gasteiger partial charge >= 0.3 is 12.2 Å². The molecule has 1 atom stereocenters. The van der Waals surface area contributed by atoms with E-state index in [4.69, 9.17) is 9.47 Å². The maximum absolute atomic E-state index is 13.2. The van der Waals surface area contributed by atoms with Gasteiger partial charge in [0.25, 0.3) is 0 Å². The second-order valence-electron chi connectivity index (χ2n) is 9.73. The molecule has 6 heteroatoms. The highest BCUT2D eigenvalue weighted by atomic mass is 16.6. The Kier molecular flexibility index (Phi) is 6.13. The van der Waals surface area contributed by atoms with Crippen molar-refractivity contribution in [3.8, 4) is 0 Å². The lowest BCUT2D eigenvalue weighted by molar-refractivity contribution is 0.00232. The summed E-state index contributed by atoms with van der Waals surface area (Å²) in [6, 6.07) is 19.2. The molecule has 2 bridgehead atoms. The predicted molar refractivity (Wildman–Crippen MR) is 122 cm³/mol. The van der Waals surface area contributed by atoms with Gasteiger partial charge in [0.05, 0.1) is 11.6 Å². The molecule has 2 aromatic rings. The summed E-state index contributed by atoms with van der Waals surface area (Å²) >= 11 is 0. The molecule has 0 radical (unpaired) electrons. The van der Waals surface area contributed by atoms with Gasteiger partial charge in [0.1, 0.15) is 12.2 Å². The molecule has 2 aliphatic heterocycles. The highest BCUT2D eigenvalue weighted by Crippen LogP contribution is 2.53. The number of carbonyl (C=O) groups is 2. The molecule has 170 valence electrons. The highest BCUT2D eigenvalue weighted by molar-refractivity contribution is 5.72. The van der Waals surface area contributed by atoms with Crippen LogP contribution in [0.1, 0.15) is 63.6 Å². The fourth-order valence-electron chi connectivity index (χ4n) is 5.09. The van der Waals surface area contributed by atoms with Gasteiger partial charge in [0.2, 0.25) is 0 Å². The van der Waals surface area contributed by atoms with E-state index in [1.807, 2.05) is 86.3 Å². The largest absolute Gasteiger partial charge is 0.445 e. The fraction of sp³-hybridized carbons (Fsp3) is 0.462. The van der Waals surface area contributed by atoms with E-state index in [1.54, 1.807) is 0 Å². The molecule has 2 amide bonds. The third-order valence-corrected chi connectivity index (χ3v) is 6.40. The average Bonchev–Trinajstić information content (AvgIpc) is 3.33. The summed E-state index contributed by atoms with van der Waals surface area (Å²) < 4.78 is 11.3. The molecule has 32 heavy (non-hydrogen) atoms. The smallest absolute Gasteiger partial charge is 0.411 e. The van der Waals surface area contributed by atoms with E-state index >= 15 is 0 Å². The Morgan fingerprint density at radius 1 is 1.03 bits per heavy atom. The first-order valence-electron chi connectivity index (χ1n) is 11.3. The first-order chi connectivity index (χ1) is 15.3. The van der Waals surface area contributed by atoms with Gasteiger partial charge in [0.15, 0.2) is 0 Å². The van der Waals surface area contributed by atoms with Crippen molar-refractivity contribution < 1.29 is 19.1 Å². The summed E-state index contributed by atoms with van der Waals surface area (Å²) in [6.07, 6.45) is 2.65.